The van der Waals surface area contributed by atoms with Crippen molar-refractivity contribution in [3.05, 3.63) is 48.0 Å². The van der Waals surface area contributed by atoms with Crippen LogP contribution in [0.1, 0.15) is 30.1 Å². The molecule has 1 aromatic rings. The molecule has 3 heterocycles. The van der Waals surface area contributed by atoms with E-state index in [1.807, 2.05) is 0 Å². The molecule has 136 valence electrons. The van der Waals surface area contributed by atoms with Crippen molar-refractivity contribution in [2.75, 3.05) is 6.61 Å². The van der Waals surface area contributed by atoms with E-state index in [9.17, 15) is 9.59 Å². The number of ether oxygens (including phenoxy) is 3. The standard InChI is InChI=1S/C20H20O6/c1-10-3-4-13-15(10)17-16(11(2)18(21)26-17)14(7-20(13)9-24-20)25-19(22)12-5-6-23-8-12/h3,5-6,8,13-17H,2,4,7,9H2,1H3. The van der Waals surface area contributed by atoms with Gasteiger partial charge in [-0.2, -0.15) is 0 Å². The van der Waals surface area contributed by atoms with Crippen LogP contribution in [0.2, 0.25) is 0 Å². The van der Waals surface area contributed by atoms with Crippen LogP contribution < -0.4 is 0 Å². The van der Waals surface area contributed by atoms with Crippen LogP contribution in [-0.2, 0) is 19.0 Å². The zero-order valence-electron chi connectivity index (χ0n) is 14.5. The maximum Gasteiger partial charge on any atom is 0.341 e. The first kappa shape index (κ1) is 15.9. The molecule has 6 atom stereocenters. The maximum absolute atomic E-state index is 12.5. The molecule has 2 saturated heterocycles. The number of furan rings is 1. The van der Waals surface area contributed by atoms with Gasteiger partial charge in [-0.05, 0) is 19.4 Å². The van der Waals surface area contributed by atoms with Gasteiger partial charge >= 0.3 is 11.9 Å². The highest BCUT2D eigenvalue weighted by Gasteiger charge is 2.65. The summed E-state index contributed by atoms with van der Waals surface area (Å²) in [5.74, 6) is -0.884. The largest absolute Gasteiger partial charge is 0.472 e. The number of esters is 2. The number of allylic oxidation sites excluding steroid dienone is 1. The first-order valence-corrected chi connectivity index (χ1v) is 8.94. The molecule has 2 aliphatic carbocycles. The summed E-state index contributed by atoms with van der Waals surface area (Å²) in [7, 11) is 0. The number of rotatable bonds is 2. The molecule has 6 unspecified atom stereocenters. The average molecular weight is 356 g/mol. The Bertz CT molecular complexity index is 815. The van der Waals surface area contributed by atoms with Gasteiger partial charge in [-0.25, -0.2) is 9.59 Å². The Hall–Kier alpha value is -2.34. The summed E-state index contributed by atoms with van der Waals surface area (Å²) in [6, 6.07) is 1.56. The Morgan fingerprint density at radius 3 is 2.88 bits per heavy atom. The molecule has 0 N–H and O–H groups in total. The van der Waals surface area contributed by atoms with Crippen molar-refractivity contribution in [2.24, 2.45) is 17.8 Å². The molecule has 0 aromatic carbocycles. The van der Waals surface area contributed by atoms with Crippen molar-refractivity contribution in [1.29, 1.82) is 0 Å². The lowest BCUT2D eigenvalue weighted by Gasteiger charge is -2.29. The second-order valence-electron chi connectivity index (χ2n) is 7.75. The van der Waals surface area contributed by atoms with Gasteiger partial charge in [0.15, 0.2) is 0 Å². The Morgan fingerprint density at radius 1 is 1.38 bits per heavy atom. The normalized spacial score (nSPS) is 40.5. The minimum absolute atomic E-state index is 0.0864. The minimum atomic E-state index is -0.512. The van der Waals surface area contributed by atoms with Gasteiger partial charge in [-0.15, -0.1) is 0 Å². The molecule has 5 rings (SSSR count). The van der Waals surface area contributed by atoms with Crippen molar-refractivity contribution in [3.63, 3.8) is 0 Å². The van der Waals surface area contributed by atoms with Crippen LogP contribution in [0.5, 0.6) is 0 Å². The van der Waals surface area contributed by atoms with Gasteiger partial charge in [0, 0.05) is 23.8 Å². The number of hydrogen-bond donors (Lipinski definition) is 0. The van der Waals surface area contributed by atoms with Gasteiger partial charge in [0.05, 0.1) is 30.0 Å². The predicted octanol–water partition coefficient (Wildman–Crippen LogP) is 2.66. The summed E-state index contributed by atoms with van der Waals surface area (Å²) in [6.07, 6.45) is 5.57. The second-order valence-corrected chi connectivity index (χ2v) is 7.75. The van der Waals surface area contributed by atoms with Crippen molar-refractivity contribution in [2.45, 2.75) is 37.6 Å². The number of carbonyl (C=O) groups is 2. The molecule has 1 aromatic heterocycles. The molecule has 6 heteroatoms. The fraction of sp³-hybridized carbons (Fsp3) is 0.500. The summed E-state index contributed by atoms with van der Waals surface area (Å²) in [4.78, 5) is 24.8. The van der Waals surface area contributed by atoms with Crippen LogP contribution in [-0.4, -0.2) is 36.4 Å². The van der Waals surface area contributed by atoms with Crippen molar-refractivity contribution >= 4 is 11.9 Å². The van der Waals surface area contributed by atoms with Crippen molar-refractivity contribution < 1.29 is 28.2 Å². The first-order chi connectivity index (χ1) is 12.5. The van der Waals surface area contributed by atoms with E-state index in [1.165, 1.54) is 18.1 Å². The van der Waals surface area contributed by atoms with E-state index in [0.717, 1.165) is 6.42 Å². The number of carbonyl (C=O) groups excluding carboxylic acids is 2. The Labute approximate surface area is 150 Å². The third-order valence-electron chi connectivity index (χ3n) is 6.42. The van der Waals surface area contributed by atoms with E-state index in [1.54, 1.807) is 6.07 Å². The van der Waals surface area contributed by atoms with E-state index in [0.29, 0.717) is 24.2 Å². The van der Waals surface area contributed by atoms with E-state index < -0.39 is 18.0 Å². The third kappa shape index (κ3) is 2.14. The highest BCUT2D eigenvalue weighted by atomic mass is 16.6. The monoisotopic (exact) mass is 356 g/mol. The van der Waals surface area contributed by atoms with Gasteiger partial charge in [-0.3, -0.25) is 0 Å². The van der Waals surface area contributed by atoms with Crippen molar-refractivity contribution in [3.8, 4) is 0 Å². The van der Waals surface area contributed by atoms with Gasteiger partial charge in [0.2, 0.25) is 0 Å². The summed E-state index contributed by atoms with van der Waals surface area (Å²) >= 11 is 0. The lowest BCUT2D eigenvalue weighted by Crippen LogP contribution is -2.36. The zero-order chi connectivity index (χ0) is 18.1. The lowest BCUT2D eigenvalue weighted by atomic mass is 9.78. The predicted molar refractivity (Wildman–Crippen MR) is 89.1 cm³/mol. The molecule has 26 heavy (non-hydrogen) atoms. The molecule has 3 fully saturated rings. The molecule has 1 spiro atoms. The summed E-state index contributed by atoms with van der Waals surface area (Å²) in [6.45, 7) is 6.67. The Morgan fingerprint density at radius 2 is 2.19 bits per heavy atom. The average Bonchev–Trinajstić information content (AvgIpc) is 2.98. The van der Waals surface area contributed by atoms with Gasteiger partial charge < -0.3 is 18.6 Å². The SMILES string of the molecule is C=C1C(=O)OC2C1C(OC(=O)c1ccoc1)CC1(CO1)C1CC=C(C)C21. The first-order valence-electron chi connectivity index (χ1n) is 8.94. The van der Waals surface area contributed by atoms with E-state index in [4.69, 9.17) is 18.6 Å². The molecule has 1 saturated carbocycles. The summed E-state index contributed by atoms with van der Waals surface area (Å²) in [5, 5.41) is 0. The van der Waals surface area contributed by atoms with Crippen LogP contribution in [0, 0.1) is 17.8 Å². The topological polar surface area (TPSA) is 78.3 Å². The number of hydrogen-bond acceptors (Lipinski definition) is 6. The van der Waals surface area contributed by atoms with Gasteiger partial charge in [0.1, 0.15) is 18.5 Å². The molecule has 4 aliphatic rings. The van der Waals surface area contributed by atoms with E-state index in [2.05, 4.69) is 19.6 Å². The smallest absolute Gasteiger partial charge is 0.341 e. The molecule has 0 radical (unpaired) electrons. The van der Waals surface area contributed by atoms with Crippen LogP contribution in [0.4, 0.5) is 0 Å². The van der Waals surface area contributed by atoms with Gasteiger partial charge in [0.25, 0.3) is 0 Å². The highest BCUT2D eigenvalue weighted by molar-refractivity contribution is 5.92. The Balaban J connectivity index is 1.52. The van der Waals surface area contributed by atoms with Crippen LogP contribution in [0.25, 0.3) is 0 Å². The third-order valence-corrected chi connectivity index (χ3v) is 6.42. The molecule has 0 bridgehead atoms. The van der Waals surface area contributed by atoms with Crippen LogP contribution >= 0.6 is 0 Å². The van der Waals surface area contributed by atoms with E-state index >= 15 is 0 Å². The van der Waals surface area contributed by atoms with E-state index in [-0.39, 0.29) is 29.5 Å². The molecular weight excluding hydrogens is 336 g/mol. The molecule has 6 nitrogen and oxygen atoms in total. The lowest BCUT2D eigenvalue weighted by molar-refractivity contribution is -0.141. The second kappa shape index (κ2) is 5.33. The molecular formula is C20H20O6. The Kier molecular flexibility index (Phi) is 3.26. The van der Waals surface area contributed by atoms with Gasteiger partial charge in [-0.1, -0.05) is 18.2 Å². The summed E-state index contributed by atoms with van der Waals surface area (Å²) < 4.78 is 22.4. The number of fused-ring (bicyclic) bond motifs is 4. The highest BCUT2D eigenvalue weighted by Crippen LogP contribution is 2.58. The molecule has 0 amide bonds. The zero-order valence-corrected chi connectivity index (χ0v) is 14.5. The summed E-state index contributed by atoms with van der Waals surface area (Å²) in [5.41, 5.74) is 1.64. The number of epoxide rings is 1. The quantitative estimate of drug-likeness (QED) is 0.351. The van der Waals surface area contributed by atoms with Crippen LogP contribution in [0.3, 0.4) is 0 Å². The van der Waals surface area contributed by atoms with Crippen molar-refractivity contribution in [1.82, 2.24) is 0 Å². The fourth-order valence-electron chi connectivity index (χ4n) is 5.03. The fourth-order valence-corrected chi connectivity index (χ4v) is 5.03. The maximum atomic E-state index is 12.5. The minimum Gasteiger partial charge on any atom is -0.472 e. The molecule has 2 aliphatic heterocycles. The van der Waals surface area contributed by atoms with Crippen LogP contribution in [0.15, 0.2) is 46.8 Å².